The molecule has 1 rings (SSSR count). The van der Waals surface area contributed by atoms with E-state index >= 15 is 0 Å². The predicted octanol–water partition coefficient (Wildman–Crippen LogP) is 1.53. The lowest BCUT2D eigenvalue weighted by molar-refractivity contribution is -0.514. The van der Waals surface area contributed by atoms with E-state index in [1.54, 1.807) is 18.6 Å². The highest BCUT2D eigenvalue weighted by atomic mass is 35.5. The van der Waals surface area contributed by atoms with Crippen LogP contribution in [0.1, 0.15) is 0 Å². The van der Waals surface area contributed by atoms with Gasteiger partial charge in [0.05, 0.1) is 4.92 Å². The third kappa shape index (κ3) is 1.19. The normalized spacial score (nSPS) is 20.9. The van der Waals surface area contributed by atoms with Crippen LogP contribution in [-0.2, 0) is 0 Å². The Morgan fingerprint density at radius 2 is 1.90 bits per heavy atom. The summed E-state index contributed by atoms with van der Waals surface area (Å²) < 4.78 is 0. The lowest BCUT2D eigenvalue weighted by Gasteiger charge is -2.10. The number of hydrogen-bond donors (Lipinski definition) is 0. The average molecular weight is 159 g/mol. The molecule has 0 aromatic carbocycles. The van der Waals surface area contributed by atoms with Gasteiger partial charge in [0.1, 0.15) is 0 Å². The van der Waals surface area contributed by atoms with Gasteiger partial charge in [-0.3, -0.25) is 10.1 Å². The van der Waals surface area contributed by atoms with E-state index < -0.39 is 9.92 Å². The van der Waals surface area contributed by atoms with E-state index in [0.717, 1.165) is 0 Å². The van der Waals surface area contributed by atoms with Gasteiger partial charge in [-0.15, -0.1) is 0 Å². The molecular formula is C6H5ClNO2. The zero-order chi connectivity index (χ0) is 7.61. The molecule has 1 radical (unpaired) electrons. The van der Waals surface area contributed by atoms with Gasteiger partial charge >= 0.3 is 5.00 Å². The molecule has 0 atom stereocenters. The van der Waals surface area contributed by atoms with Gasteiger partial charge in [-0.25, -0.2) is 0 Å². The summed E-state index contributed by atoms with van der Waals surface area (Å²) in [7, 11) is 0. The van der Waals surface area contributed by atoms with Crippen LogP contribution in [0.2, 0.25) is 0 Å². The fourth-order valence-electron chi connectivity index (χ4n) is 0.622. The van der Waals surface area contributed by atoms with Gasteiger partial charge in [-0.2, -0.15) is 0 Å². The molecule has 4 heteroatoms. The Morgan fingerprint density at radius 3 is 2.20 bits per heavy atom. The van der Waals surface area contributed by atoms with Crippen molar-refractivity contribution >= 4 is 11.6 Å². The highest BCUT2D eigenvalue weighted by Gasteiger charge is 2.34. The average Bonchev–Trinajstić information content (AvgIpc) is 1.89. The summed E-state index contributed by atoms with van der Waals surface area (Å²) in [5.41, 5.74) is 0. The summed E-state index contributed by atoms with van der Waals surface area (Å²) >= 11 is 5.52. The van der Waals surface area contributed by atoms with Crippen LogP contribution in [0.5, 0.6) is 0 Å². The van der Waals surface area contributed by atoms with Crippen LogP contribution >= 0.6 is 11.6 Å². The molecule has 0 N–H and O–H groups in total. The molecule has 1 aliphatic carbocycles. The minimum atomic E-state index is -1.52. The maximum atomic E-state index is 10.2. The molecule has 0 heterocycles. The molecule has 0 fully saturated rings. The van der Waals surface area contributed by atoms with Gasteiger partial charge in [0.25, 0.3) is 0 Å². The maximum Gasteiger partial charge on any atom is 0.332 e. The van der Waals surface area contributed by atoms with Crippen molar-refractivity contribution in [1.82, 2.24) is 0 Å². The van der Waals surface area contributed by atoms with Gasteiger partial charge < -0.3 is 0 Å². The van der Waals surface area contributed by atoms with Crippen LogP contribution in [0.4, 0.5) is 0 Å². The fraction of sp³-hybridized carbons (Fsp3) is 0.167. The molecule has 0 unspecified atom stereocenters. The van der Waals surface area contributed by atoms with E-state index in [4.69, 9.17) is 11.6 Å². The molecule has 1 aliphatic rings. The number of alkyl halides is 1. The first-order valence-electron chi connectivity index (χ1n) is 2.69. The van der Waals surface area contributed by atoms with Crippen molar-refractivity contribution in [1.29, 1.82) is 0 Å². The Kier molecular flexibility index (Phi) is 1.76. The molecular weight excluding hydrogens is 154 g/mol. The molecule has 3 nitrogen and oxygen atoms in total. The Labute approximate surface area is 63.1 Å². The van der Waals surface area contributed by atoms with Crippen molar-refractivity contribution < 1.29 is 4.92 Å². The van der Waals surface area contributed by atoms with Crippen molar-refractivity contribution in [2.45, 2.75) is 5.00 Å². The van der Waals surface area contributed by atoms with E-state index in [9.17, 15) is 10.1 Å². The van der Waals surface area contributed by atoms with Crippen molar-refractivity contribution in [3.63, 3.8) is 0 Å². The van der Waals surface area contributed by atoms with Crippen LogP contribution in [0, 0.1) is 16.5 Å². The van der Waals surface area contributed by atoms with Crippen molar-refractivity contribution in [2.24, 2.45) is 0 Å². The van der Waals surface area contributed by atoms with Crippen LogP contribution in [0.15, 0.2) is 24.3 Å². The minimum absolute atomic E-state index is 0.547. The minimum Gasteiger partial charge on any atom is -0.262 e. The largest absolute Gasteiger partial charge is 0.332 e. The monoisotopic (exact) mass is 158 g/mol. The van der Waals surface area contributed by atoms with E-state index in [0.29, 0.717) is 0 Å². The standard InChI is InChI=1S/C6H5ClNO2/c7-6(8(9)10)4-2-1-3-5-6/h1-5H. The zero-order valence-corrected chi connectivity index (χ0v) is 5.78. The molecule has 53 valence electrons. The molecule has 0 aromatic rings. The molecule has 0 bridgehead atoms. The summed E-state index contributed by atoms with van der Waals surface area (Å²) in [5, 5.41) is 10.2. The summed E-state index contributed by atoms with van der Waals surface area (Å²) in [6.07, 6.45) is 7.44. The van der Waals surface area contributed by atoms with Crippen LogP contribution in [0.3, 0.4) is 0 Å². The fourth-order valence-corrected chi connectivity index (χ4v) is 0.768. The molecule has 0 spiro atoms. The zero-order valence-electron chi connectivity index (χ0n) is 5.03. The maximum absolute atomic E-state index is 10.2. The first kappa shape index (κ1) is 7.28. The molecule has 0 saturated carbocycles. The summed E-state index contributed by atoms with van der Waals surface area (Å²) in [4.78, 5) is 8.17. The van der Waals surface area contributed by atoms with Gasteiger partial charge in [0.15, 0.2) is 0 Å². The molecule has 10 heavy (non-hydrogen) atoms. The lowest BCUT2D eigenvalue weighted by Crippen LogP contribution is -2.27. The second-order valence-corrected chi connectivity index (χ2v) is 2.50. The second kappa shape index (κ2) is 2.42. The molecule has 0 saturated heterocycles. The van der Waals surface area contributed by atoms with Crippen molar-refractivity contribution in [3.05, 3.63) is 40.8 Å². The second-order valence-electron chi connectivity index (χ2n) is 1.90. The van der Waals surface area contributed by atoms with Gasteiger partial charge in [0.2, 0.25) is 0 Å². The molecule has 0 aliphatic heterocycles. The topological polar surface area (TPSA) is 43.1 Å². The molecule has 0 aromatic heterocycles. The van der Waals surface area contributed by atoms with Crippen LogP contribution < -0.4 is 0 Å². The number of hydrogen-bond acceptors (Lipinski definition) is 2. The van der Waals surface area contributed by atoms with Gasteiger partial charge in [0, 0.05) is 18.6 Å². The summed E-state index contributed by atoms with van der Waals surface area (Å²) in [5.74, 6) is 0. The van der Waals surface area contributed by atoms with Crippen molar-refractivity contribution in [2.75, 3.05) is 0 Å². The first-order chi connectivity index (χ1) is 4.65. The first-order valence-corrected chi connectivity index (χ1v) is 3.07. The number of allylic oxidation sites excluding steroid dienone is 2. The highest BCUT2D eigenvalue weighted by Crippen LogP contribution is 2.22. The Hall–Kier alpha value is -0.830. The predicted molar refractivity (Wildman–Crippen MR) is 38.2 cm³/mol. The number of nitrogens with zero attached hydrogens (tertiary/aromatic N) is 1. The van der Waals surface area contributed by atoms with E-state index in [-0.39, 0.29) is 0 Å². The lowest BCUT2D eigenvalue weighted by atomic mass is 10.1. The Morgan fingerprint density at radius 1 is 1.40 bits per heavy atom. The summed E-state index contributed by atoms with van der Waals surface area (Å²) in [6.45, 7) is 0. The number of halogens is 1. The highest BCUT2D eigenvalue weighted by molar-refractivity contribution is 6.25. The van der Waals surface area contributed by atoms with E-state index in [2.05, 4.69) is 0 Å². The number of rotatable bonds is 1. The van der Waals surface area contributed by atoms with Crippen molar-refractivity contribution in [3.8, 4) is 0 Å². The van der Waals surface area contributed by atoms with E-state index in [1.165, 1.54) is 12.2 Å². The Balaban J connectivity index is 2.85. The Bertz CT molecular complexity index is 198. The summed E-state index contributed by atoms with van der Waals surface area (Å²) in [6, 6.07) is 0. The van der Waals surface area contributed by atoms with Gasteiger partial charge in [-0.05, 0) is 11.6 Å². The quantitative estimate of drug-likeness (QED) is 0.251. The number of nitro groups is 1. The van der Waals surface area contributed by atoms with Crippen LogP contribution in [-0.4, -0.2) is 9.92 Å². The SMILES string of the molecule is O=[N+]([O-])C1(Cl)C=C[CH]C=C1. The third-order valence-electron chi connectivity index (χ3n) is 1.16. The van der Waals surface area contributed by atoms with E-state index in [1.807, 2.05) is 0 Å². The van der Waals surface area contributed by atoms with Gasteiger partial charge in [-0.1, -0.05) is 12.2 Å². The third-order valence-corrected chi connectivity index (χ3v) is 1.55. The molecule has 0 amide bonds. The smallest absolute Gasteiger partial charge is 0.262 e. The van der Waals surface area contributed by atoms with Crippen LogP contribution in [0.25, 0.3) is 0 Å².